The third-order valence-corrected chi connectivity index (χ3v) is 4.03. The monoisotopic (exact) mass is 340 g/mol. The van der Waals surface area contributed by atoms with Crippen molar-refractivity contribution in [1.82, 2.24) is 19.0 Å². The minimum atomic E-state index is -0.169. The van der Waals surface area contributed by atoms with Crippen LogP contribution in [0.3, 0.4) is 0 Å². The molecule has 24 heavy (non-hydrogen) atoms. The number of nitrogens with one attached hydrogen (secondary N) is 1. The van der Waals surface area contributed by atoms with Crippen LogP contribution in [0.15, 0.2) is 48.7 Å². The zero-order valence-electron chi connectivity index (χ0n) is 13.1. The molecular formula is C17H16N4O2S. The highest BCUT2D eigenvalue weighted by atomic mass is 32.1. The molecule has 2 aromatic heterocycles. The van der Waals surface area contributed by atoms with Crippen molar-refractivity contribution in [2.45, 2.75) is 20.1 Å². The van der Waals surface area contributed by atoms with Crippen LogP contribution in [-0.4, -0.2) is 19.6 Å². The minimum absolute atomic E-state index is 0.169. The van der Waals surface area contributed by atoms with E-state index in [2.05, 4.69) is 19.0 Å². The summed E-state index contributed by atoms with van der Waals surface area (Å²) in [7, 11) is 0. The van der Waals surface area contributed by atoms with Crippen molar-refractivity contribution >= 4 is 17.6 Å². The van der Waals surface area contributed by atoms with Gasteiger partial charge in [0.15, 0.2) is 0 Å². The van der Waals surface area contributed by atoms with E-state index in [1.807, 2.05) is 31.2 Å². The second-order valence-corrected chi connectivity index (χ2v) is 5.65. The van der Waals surface area contributed by atoms with Gasteiger partial charge in [-0.2, -0.15) is 8.75 Å². The summed E-state index contributed by atoms with van der Waals surface area (Å²) in [5.41, 5.74) is 3.02. The molecule has 7 heteroatoms. The summed E-state index contributed by atoms with van der Waals surface area (Å²) in [6.07, 6.45) is 1.70. The van der Waals surface area contributed by atoms with E-state index < -0.39 is 0 Å². The van der Waals surface area contributed by atoms with E-state index in [0.29, 0.717) is 24.5 Å². The van der Waals surface area contributed by atoms with Crippen LogP contribution in [0, 0.1) is 6.92 Å². The number of pyridine rings is 1. The third-order valence-electron chi connectivity index (χ3n) is 3.37. The first-order chi connectivity index (χ1) is 11.7. The number of rotatable bonds is 6. The summed E-state index contributed by atoms with van der Waals surface area (Å²) in [6, 6.07) is 12.6. The van der Waals surface area contributed by atoms with Crippen molar-refractivity contribution < 1.29 is 9.53 Å². The Bertz CT molecular complexity index is 820. The van der Waals surface area contributed by atoms with Gasteiger partial charge in [0.25, 0.3) is 5.91 Å². The average Bonchev–Trinajstić information content (AvgIpc) is 3.04. The Morgan fingerprint density at radius 1 is 1.21 bits per heavy atom. The maximum Gasteiger partial charge on any atom is 0.251 e. The van der Waals surface area contributed by atoms with E-state index in [0.717, 1.165) is 28.8 Å². The number of hydrogen-bond acceptors (Lipinski definition) is 6. The van der Waals surface area contributed by atoms with Gasteiger partial charge in [0.1, 0.15) is 18.1 Å². The lowest BCUT2D eigenvalue weighted by atomic mass is 10.2. The standard InChI is InChI=1S/C17H16N4O2S/c1-12-16(21-24-20-12)11-23-15-7-4-5-13(9-15)17(22)19-10-14-6-2-3-8-18-14/h2-9H,10-11H2,1H3,(H,19,22). The fourth-order valence-corrected chi connectivity index (χ4v) is 2.59. The summed E-state index contributed by atoms with van der Waals surface area (Å²) < 4.78 is 14.0. The van der Waals surface area contributed by atoms with Gasteiger partial charge in [-0.05, 0) is 37.3 Å². The largest absolute Gasteiger partial charge is 0.487 e. The van der Waals surface area contributed by atoms with Crippen LogP contribution in [0.5, 0.6) is 5.75 Å². The minimum Gasteiger partial charge on any atom is -0.487 e. The van der Waals surface area contributed by atoms with Crippen molar-refractivity contribution in [3.63, 3.8) is 0 Å². The Hall–Kier alpha value is -2.80. The van der Waals surface area contributed by atoms with E-state index in [-0.39, 0.29) is 5.91 Å². The smallest absolute Gasteiger partial charge is 0.251 e. The molecule has 0 aliphatic carbocycles. The topological polar surface area (TPSA) is 77.0 Å². The number of hydrogen-bond donors (Lipinski definition) is 1. The first-order valence-electron chi connectivity index (χ1n) is 7.41. The van der Waals surface area contributed by atoms with Gasteiger partial charge in [-0.15, -0.1) is 0 Å². The molecule has 0 unspecified atom stereocenters. The van der Waals surface area contributed by atoms with Gasteiger partial charge >= 0.3 is 0 Å². The molecule has 122 valence electrons. The van der Waals surface area contributed by atoms with Crippen LogP contribution in [0.4, 0.5) is 0 Å². The molecule has 0 spiro atoms. The van der Waals surface area contributed by atoms with Crippen LogP contribution in [0.2, 0.25) is 0 Å². The molecule has 0 saturated carbocycles. The molecule has 1 amide bonds. The average molecular weight is 340 g/mol. The number of carbonyl (C=O) groups excluding carboxylic acids is 1. The van der Waals surface area contributed by atoms with E-state index in [1.54, 1.807) is 24.4 Å². The summed E-state index contributed by atoms with van der Waals surface area (Å²) in [6.45, 7) is 2.61. The zero-order valence-corrected chi connectivity index (χ0v) is 13.9. The van der Waals surface area contributed by atoms with Gasteiger partial charge in [0, 0.05) is 11.8 Å². The molecular weight excluding hydrogens is 324 g/mol. The number of carbonyl (C=O) groups is 1. The van der Waals surface area contributed by atoms with Gasteiger partial charge in [0.05, 0.1) is 29.7 Å². The molecule has 2 heterocycles. The molecule has 0 radical (unpaired) electrons. The second kappa shape index (κ2) is 7.65. The fourth-order valence-electron chi connectivity index (χ4n) is 2.03. The lowest BCUT2D eigenvalue weighted by Crippen LogP contribution is -2.23. The number of amides is 1. The molecule has 6 nitrogen and oxygen atoms in total. The molecule has 0 aliphatic heterocycles. The van der Waals surface area contributed by atoms with E-state index >= 15 is 0 Å². The molecule has 0 bridgehead atoms. The number of ether oxygens (including phenoxy) is 1. The molecule has 3 rings (SSSR count). The van der Waals surface area contributed by atoms with Gasteiger partial charge in [-0.1, -0.05) is 12.1 Å². The summed E-state index contributed by atoms with van der Waals surface area (Å²) >= 11 is 1.16. The number of aromatic nitrogens is 3. The highest BCUT2D eigenvalue weighted by molar-refractivity contribution is 6.99. The Balaban J connectivity index is 1.60. The van der Waals surface area contributed by atoms with Crippen LogP contribution in [0.1, 0.15) is 27.4 Å². The van der Waals surface area contributed by atoms with Crippen LogP contribution in [-0.2, 0) is 13.2 Å². The van der Waals surface area contributed by atoms with E-state index in [1.165, 1.54) is 0 Å². The molecule has 1 aromatic carbocycles. The number of nitrogens with zero attached hydrogens (tertiary/aromatic N) is 3. The van der Waals surface area contributed by atoms with Crippen LogP contribution < -0.4 is 10.1 Å². The third kappa shape index (κ3) is 4.14. The molecule has 0 fully saturated rings. The summed E-state index contributed by atoms with van der Waals surface area (Å²) in [5.74, 6) is 0.450. The Morgan fingerprint density at radius 3 is 2.88 bits per heavy atom. The zero-order chi connectivity index (χ0) is 16.8. The van der Waals surface area contributed by atoms with E-state index in [9.17, 15) is 4.79 Å². The van der Waals surface area contributed by atoms with Crippen molar-refractivity contribution in [1.29, 1.82) is 0 Å². The second-order valence-electron chi connectivity index (χ2n) is 5.12. The molecule has 1 N–H and O–H groups in total. The predicted molar refractivity (Wildman–Crippen MR) is 90.8 cm³/mol. The highest BCUT2D eigenvalue weighted by Gasteiger charge is 2.08. The lowest BCUT2D eigenvalue weighted by Gasteiger charge is -2.08. The van der Waals surface area contributed by atoms with Gasteiger partial charge in [-0.25, -0.2) is 0 Å². The van der Waals surface area contributed by atoms with Crippen molar-refractivity contribution in [3.05, 3.63) is 71.3 Å². The Kier molecular flexibility index (Phi) is 5.12. The highest BCUT2D eigenvalue weighted by Crippen LogP contribution is 2.16. The molecule has 3 aromatic rings. The number of aryl methyl sites for hydroxylation is 1. The first-order valence-corrected chi connectivity index (χ1v) is 8.14. The van der Waals surface area contributed by atoms with Crippen LogP contribution >= 0.6 is 11.7 Å². The van der Waals surface area contributed by atoms with Gasteiger partial charge in [0.2, 0.25) is 0 Å². The van der Waals surface area contributed by atoms with Crippen LogP contribution in [0.25, 0.3) is 0 Å². The molecule has 0 atom stereocenters. The Morgan fingerprint density at radius 2 is 2.12 bits per heavy atom. The van der Waals surface area contributed by atoms with E-state index in [4.69, 9.17) is 4.74 Å². The van der Waals surface area contributed by atoms with Crippen molar-refractivity contribution in [2.75, 3.05) is 0 Å². The summed E-state index contributed by atoms with van der Waals surface area (Å²) in [5, 5.41) is 2.84. The lowest BCUT2D eigenvalue weighted by molar-refractivity contribution is 0.0950. The van der Waals surface area contributed by atoms with Crippen molar-refractivity contribution in [2.24, 2.45) is 0 Å². The maximum atomic E-state index is 12.2. The molecule has 0 saturated heterocycles. The Labute approximate surface area is 143 Å². The maximum absolute atomic E-state index is 12.2. The SMILES string of the molecule is Cc1nsnc1COc1cccc(C(=O)NCc2ccccn2)c1. The normalized spacial score (nSPS) is 10.4. The quantitative estimate of drug-likeness (QED) is 0.746. The predicted octanol–water partition coefficient (Wildman–Crippen LogP) is 2.75. The summed E-state index contributed by atoms with van der Waals surface area (Å²) in [4.78, 5) is 16.4. The first kappa shape index (κ1) is 16.1. The fraction of sp³-hybridized carbons (Fsp3) is 0.176. The van der Waals surface area contributed by atoms with Crippen molar-refractivity contribution in [3.8, 4) is 5.75 Å². The van der Waals surface area contributed by atoms with Gasteiger partial charge < -0.3 is 10.1 Å². The van der Waals surface area contributed by atoms with Gasteiger partial charge in [-0.3, -0.25) is 9.78 Å². The molecule has 0 aliphatic rings. The number of benzene rings is 1.